The Morgan fingerprint density at radius 2 is 2.44 bits per heavy atom. The number of pyridine rings is 1. The molecule has 0 unspecified atom stereocenters. The molecule has 2 rings (SSSR count). The molecule has 0 radical (unpaired) electrons. The number of piperazine rings is 1. The highest BCUT2D eigenvalue weighted by Crippen LogP contribution is 2.14. The Kier molecular flexibility index (Phi) is 3.76. The molecule has 0 spiro atoms. The molecule has 0 aliphatic carbocycles. The lowest BCUT2D eigenvalue weighted by Crippen LogP contribution is -2.50. The summed E-state index contributed by atoms with van der Waals surface area (Å²) in [6.45, 7) is 3.78. The van der Waals surface area contributed by atoms with Gasteiger partial charge in [-0.15, -0.1) is 0 Å². The molecule has 1 aromatic heterocycles. The lowest BCUT2D eigenvalue weighted by Gasteiger charge is -2.27. The Labute approximate surface area is 105 Å². The minimum absolute atomic E-state index is 0.110. The summed E-state index contributed by atoms with van der Waals surface area (Å²) in [5.74, 6) is 0.286. The maximum atomic E-state index is 12.3. The molecule has 0 atom stereocenters. The highest BCUT2D eigenvalue weighted by atomic mass is 16.2. The average Bonchev–Trinajstić information content (AvgIpc) is 2.39. The van der Waals surface area contributed by atoms with E-state index in [1.54, 1.807) is 18.3 Å². The van der Waals surface area contributed by atoms with E-state index in [0.717, 1.165) is 0 Å². The third-order valence-corrected chi connectivity index (χ3v) is 2.71. The van der Waals surface area contributed by atoms with Crippen molar-refractivity contribution in [3.63, 3.8) is 0 Å². The molecule has 1 aliphatic rings. The molecule has 18 heavy (non-hydrogen) atoms. The number of carbonyl (C=O) groups excluding carboxylic acids is 2. The first-order chi connectivity index (χ1) is 8.72. The van der Waals surface area contributed by atoms with E-state index in [4.69, 9.17) is 0 Å². The van der Waals surface area contributed by atoms with Crippen molar-refractivity contribution in [1.29, 1.82) is 0 Å². The van der Waals surface area contributed by atoms with Gasteiger partial charge in [-0.25, -0.2) is 4.98 Å². The van der Waals surface area contributed by atoms with E-state index in [-0.39, 0.29) is 18.4 Å². The monoisotopic (exact) mass is 248 g/mol. The zero-order chi connectivity index (χ0) is 13.0. The van der Waals surface area contributed by atoms with Gasteiger partial charge in [-0.1, -0.05) is 0 Å². The third-order valence-electron chi connectivity index (χ3n) is 2.71. The smallest absolute Gasteiger partial charge is 0.258 e. The Bertz CT molecular complexity index is 461. The van der Waals surface area contributed by atoms with Gasteiger partial charge >= 0.3 is 0 Å². The number of hydrogen-bond acceptors (Lipinski definition) is 4. The summed E-state index contributed by atoms with van der Waals surface area (Å²) in [4.78, 5) is 29.3. The number of carbonyl (C=O) groups is 2. The molecule has 1 aliphatic heterocycles. The van der Waals surface area contributed by atoms with Gasteiger partial charge in [0.1, 0.15) is 5.82 Å². The number of nitrogens with zero attached hydrogens (tertiary/aromatic N) is 2. The van der Waals surface area contributed by atoms with Crippen molar-refractivity contribution in [3.8, 4) is 0 Å². The second kappa shape index (κ2) is 5.48. The van der Waals surface area contributed by atoms with Crippen molar-refractivity contribution in [1.82, 2.24) is 15.2 Å². The fourth-order valence-corrected chi connectivity index (χ4v) is 1.87. The molecule has 2 amide bonds. The third kappa shape index (κ3) is 2.58. The van der Waals surface area contributed by atoms with Crippen LogP contribution in [0.15, 0.2) is 18.3 Å². The predicted molar refractivity (Wildman–Crippen MR) is 67.3 cm³/mol. The van der Waals surface area contributed by atoms with Gasteiger partial charge < -0.3 is 15.5 Å². The molecule has 2 heterocycles. The van der Waals surface area contributed by atoms with E-state index < -0.39 is 0 Å². The standard InChI is InChI=1S/C12H16N4O2/c1-2-13-11-9(4-3-5-15-11)12(18)16-7-6-14-10(17)8-16/h3-5H,2,6-8H2,1H3,(H,13,15)(H,14,17). The maximum Gasteiger partial charge on any atom is 0.258 e. The fourth-order valence-electron chi connectivity index (χ4n) is 1.87. The van der Waals surface area contributed by atoms with E-state index in [0.29, 0.717) is 31.0 Å². The molecule has 0 bridgehead atoms. The van der Waals surface area contributed by atoms with Crippen LogP contribution in [0.1, 0.15) is 17.3 Å². The van der Waals surface area contributed by atoms with Gasteiger partial charge in [0.05, 0.1) is 12.1 Å². The second-order valence-electron chi connectivity index (χ2n) is 4.01. The van der Waals surface area contributed by atoms with Gasteiger partial charge in [-0.2, -0.15) is 0 Å². The number of hydrogen-bond donors (Lipinski definition) is 2. The Balaban J connectivity index is 2.19. The minimum atomic E-state index is -0.158. The number of amides is 2. The lowest BCUT2D eigenvalue weighted by atomic mass is 10.2. The normalized spacial score (nSPS) is 15.2. The molecule has 2 N–H and O–H groups in total. The summed E-state index contributed by atoms with van der Waals surface area (Å²) >= 11 is 0. The van der Waals surface area contributed by atoms with Crippen molar-refractivity contribution >= 4 is 17.6 Å². The van der Waals surface area contributed by atoms with Gasteiger partial charge in [0.2, 0.25) is 5.91 Å². The Morgan fingerprint density at radius 3 is 3.17 bits per heavy atom. The summed E-state index contributed by atoms with van der Waals surface area (Å²) in [6, 6.07) is 3.44. The first-order valence-electron chi connectivity index (χ1n) is 5.97. The molecule has 1 aromatic rings. The molecule has 6 heteroatoms. The molecule has 6 nitrogen and oxygen atoms in total. The van der Waals surface area contributed by atoms with Crippen LogP contribution in [0.5, 0.6) is 0 Å². The molecule has 0 saturated carbocycles. The highest BCUT2D eigenvalue weighted by Gasteiger charge is 2.24. The molecule has 1 saturated heterocycles. The van der Waals surface area contributed by atoms with Crippen LogP contribution in [0, 0.1) is 0 Å². The van der Waals surface area contributed by atoms with Crippen molar-refractivity contribution in [2.45, 2.75) is 6.92 Å². The average molecular weight is 248 g/mol. The van der Waals surface area contributed by atoms with Crippen LogP contribution in [-0.2, 0) is 4.79 Å². The van der Waals surface area contributed by atoms with Crippen molar-refractivity contribution in [3.05, 3.63) is 23.9 Å². The molecule has 96 valence electrons. The van der Waals surface area contributed by atoms with Gasteiger partial charge in [0.25, 0.3) is 5.91 Å². The van der Waals surface area contributed by atoms with E-state index in [1.165, 1.54) is 4.90 Å². The number of aromatic nitrogens is 1. The van der Waals surface area contributed by atoms with Gasteiger partial charge in [0, 0.05) is 25.8 Å². The summed E-state index contributed by atoms with van der Waals surface area (Å²) in [5.41, 5.74) is 0.508. The van der Waals surface area contributed by atoms with E-state index in [9.17, 15) is 9.59 Å². The highest BCUT2D eigenvalue weighted by molar-refractivity contribution is 6.00. The Morgan fingerprint density at radius 1 is 1.61 bits per heavy atom. The minimum Gasteiger partial charge on any atom is -0.370 e. The molecule has 1 fully saturated rings. The zero-order valence-electron chi connectivity index (χ0n) is 10.3. The lowest BCUT2D eigenvalue weighted by molar-refractivity contribution is -0.123. The van der Waals surface area contributed by atoms with Crippen molar-refractivity contribution in [2.24, 2.45) is 0 Å². The van der Waals surface area contributed by atoms with Crippen LogP contribution >= 0.6 is 0 Å². The SMILES string of the molecule is CCNc1ncccc1C(=O)N1CCNC(=O)C1. The fraction of sp³-hybridized carbons (Fsp3) is 0.417. The summed E-state index contributed by atoms with van der Waals surface area (Å²) in [7, 11) is 0. The summed E-state index contributed by atoms with van der Waals surface area (Å²) < 4.78 is 0. The quantitative estimate of drug-likeness (QED) is 0.794. The van der Waals surface area contributed by atoms with Gasteiger partial charge in [0.15, 0.2) is 0 Å². The topological polar surface area (TPSA) is 74.3 Å². The van der Waals surface area contributed by atoms with Crippen LogP contribution in [0.3, 0.4) is 0 Å². The van der Waals surface area contributed by atoms with Crippen LogP contribution in [0.25, 0.3) is 0 Å². The zero-order valence-corrected chi connectivity index (χ0v) is 10.3. The van der Waals surface area contributed by atoms with Crippen LogP contribution in [-0.4, -0.2) is 47.9 Å². The van der Waals surface area contributed by atoms with Gasteiger partial charge in [-0.05, 0) is 19.1 Å². The first kappa shape index (κ1) is 12.3. The molecular weight excluding hydrogens is 232 g/mol. The Hall–Kier alpha value is -2.11. The first-order valence-corrected chi connectivity index (χ1v) is 5.97. The van der Waals surface area contributed by atoms with Gasteiger partial charge in [-0.3, -0.25) is 9.59 Å². The van der Waals surface area contributed by atoms with Crippen molar-refractivity contribution < 1.29 is 9.59 Å². The molecule has 0 aromatic carbocycles. The van der Waals surface area contributed by atoms with Crippen LogP contribution in [0.4, 0.5) is 5.82 Å². The number of rotatable bonds is 3. The number of nitrogens with one attached hydrogen (secondary N) is 2. The summed E-state index contributed by atoms with van der Waals surface area (Å²) in [6.07, 6.45) is 1.64. The largest absolute Gasteiger partial charge is 0.370 e. The van der Waals surface area contributed by atoms with Crippen LogP contribution in [0.2, 0.25) is 0 Å². The van der Waals surface area contributed by atoms with E-state index >= 15 is 0 Å². The molecular formula is C12H16N4O2. The maximum absolute atomic E-state index is 12.3. The van der Waals surface area contributed by atoms with Crippen molar-refractivity contribution in [2.75, 3.05) is 31.5 Å². The predicted octanol–water partition coefficient (Wildman–Crippen LogP) is 0.0854. The number of anilines is 1. The van der Waals surface area contributed by atoms with E-state index in [2.05, 4.69) is 15.6 Å². The second-order valence-corrected chi connectivity index (χ2v) is 4.01. The van der Waals surface area contributed by atoms with E-state index in [1.807, 2.05) is 6.92 Å². The summed E-state index contributed by atoms with van der Waals surface area (Å²) in [5, 5.41) is 5.74. The van der Waals surface area contributed by atoms with Crippen LogP contribution < -0.4 is 10.6 Å².